The third-order valence-electron chi connectivity index (χ3n) is 23.0. The van der Waals surface area contributed by atoms with E-state index in [-0.39, 0.29) is 35.0 Å². The van der Waals surface area contributed by atoms with Crippen LogP contribution in [0.25, 0.3) is 34.2 Å². The van der Waals surface area contributed by atoms with Gasteiger partial charge in [0.1, 0.15) is 8.07 Å². The van der Waals surface area contributed by atoms with Gasteiger partial charge in [0.15, 0.2) is 0 Å². The average molecular weight is 1460 g/mol. The van der Waals surface area contributed by atoms with E-state index in [9.17, 15) is 9.59 Å². The Morgan fingerprint density at radius 2 is 1.03 bits per heavy atom. The fraction of sp³-hybridized carbons (Fsp3) is 0.690. The van der Waals surface area contributed by atoms with Crippen LogP contribution < -0.4 is 10.4 Å². The first kappa shape index (κ1) is 77.7. The van der Waals surface area contributed by atoms with Gasteiger partial charge < -0.3 is 4.74 Å². The van der Waals surface area contributed by atoms with Crippen LogP contribution in [0.4, 0.5) is 0 Å². The number of rotatable bonds is 46. The Bertz CT molecular complexity index is 3480. The van der Waals surface area contributed by atoms with Crippen molar-refractivity contribution in [3.63, 3.8) is 0 Å². The van der Waals surface area contributed by atoms with Gasteiger partial charge in [-0.15, -0.1) is 68.4 Å². The third kappa shape index (κ3) is 17.5. The van der Waals surface area contributed by atoms with Crippen LogP contribution >= 0.6 is 68.4 Å². The summed E-state index contributed by atoms with van der Waals surface area (Å²) in [4.78, 5) is 74.9. The van der Waals surface area contributed by atoms with Gasteiger partial charge in [0.05, 0.1) is 53.8 Å². The summed E-state index contributed by atoms with van der Waals surface area (Å²) in [7, 11) is -2.22. The molecule has 0 aliphatic carbocycles. The van der Waals surface area contributed by atoms with E-state index in [0.29, 0.717) is 59.0 Å². The molecule has 0 aromatic carbocycles. The van der Waals surface area contributed by atoms with Crippen molar-refractivity contribution >= 4 is 115 Å². The maximum atomic E-state index is 15.6. The zero-order chi connectivity index (χ0) is 69.7. The fourth-order valence-electron chi connectivity index (χ4n) is 17.2. The second-order valence-corrected chi connectivity index (χ2v) is 42.4. The van der Waals surface area contributed by atoms with Crippen LogP contribution in [0.3, 0.4) is 0 Å². The summed E-state index contributed by atoms with van der Waals surface area (Å²) in [6, 6.07) is 10.1. The minimum absolute atomic E-state index is 0.0851. The van der Waals surface area contributed by atoms with Gasteiger partial charge in [-0.2, -0.15) is 0 Å². The van der Waals surface area contributed by atoms with Gasteiger partial charge in [-0.05, 0) is 120 Å². The van der Waals surface area contributed by atoms with Crippen molar-refractivity contribution in [3.8, 4) is 29.3 Å². The van der Waals surface area contributed by atoms with Crippen molar-refractivity contribution < 1.29 is 23.9 Å². The van der Waals surface area contributed by atoms with E-state index in [1.807, 2.05) is 52.7 Å². The topological polar surface area (TPSA) is 84.0 Å². The zero-order valence-electron chi connectivity index (χ0n) is 62.7. The van der Waals surface area contributed by atoms with Crippen molar-refractivity contribution in [2.45, 2.75) is 330 Å². The second kappa shape index (κ2) is 36.7. The zero-order valence-corrected chi connectivity index (χ0v) is 68.6. The summed E-state index contributed by atoms with van der Waals surface area (Å²) in [6.45, 7) is 28.8. The summed E-state index contributed by atoms with van der Waals surface area (Å²) in [5.74, 6) is 2.96. The number of unbranched alkanes of at least 4 members (excludes halogenated alkanes) is 16. The number of thioether (sulfide) groups is 1. The molecule has 5 aliphatic heterocycles. The Balaban J connectivity index is 1.06. The average Bonchev–Trinajstić information content (AvgIpc) is 1.55. The lowest BCUT2D eigenvalue weighted by atomic mass is 9.79. The number of fused-ring (bicyclic) bond motifs is 8. The molecule has 10 heterocycles. The van der Waals surface area contributed by atoms with Crippen LogP contribution in [0.2, 0.25) is 12.1 Å². The molecule has 14 heteroatoms. The largest absolute Gasteiger partial charge is 0.361 e. The predicted octanol–water partition coefficient (Wildman–Crippen LogP) is 26.4. The molecule has 0 radical (unpaired) electrons. The number of hydrogen-bond donors (Lipinski definition) is 0. The van der Waals surface area contributed by atoms with Crippen molar-refractivity contribution in [3.05, 3.63) is 72.1 Å². The Labute approximate surface area is 618 Å². The molecule has 5 aromatic rings. The summed E-state index contributed by atoms with van der Waals surface area (Å²) in [6.07, 6.45) is 41.6. The van der Waals surface area contributed by atoms with E-state index in [4.69, 9.17) is 4.74 Å². The molecule has 7 unspecified atom stereocenters. The van der Waals surface area contributed by atoms with Gasteiger partial charge in [-0.3, -0.25) is 29.0 Å². The highest BCUT2D eigenvalue weighted by Crippen LogP contribution is 2.63. The Morgan fingerprint density at radius 1 is 0.500 bits per heavy atom. The smallest absolute Gasteiger partial charge is 0.263 e. The lowest BCUT2D eigenvalue weighted by Gasteiger charge is -2.43. The second-order valence-electron chi connectivity index (χ2n) is 31.7. The SMILES string of the molecule is CCCCCCCCN1C(=O)c2c(C)sc(-c3cc4c(s3)C3SC(c5sc(-c6cc7c(s6)-c6sccc6[Si]7(CCCCCC)CC(CC)CCCC)c6c5C(=O)N(CCCCCCCC)C6=O)=CC3OC4(CCCCCC(C)CCCC(C)C)CCCC(C)CCCC(C)C)c2C1=O. The molecule has 7 nitrogen and oxygen atoms in total. The van der Waals surface area contributed by atoms with Crippen LogP contribution in [-0.2, 0) is 10.3 Å². The molecule has 0 saturated heterocycles. The standard InChI is InChI=1S/C84H124N2O5S6Si/c1-13-18-22-25-27-32-48-85-80(87)69-60(12)93-75(70(69)81(85)88)64-52-62-73(94-64)74-63(91-84(62,47-37-43-59(11)42-36-39-57(8)9)46-31-29-30-40-58(10)41-35-38-56(6)7)53-65(95-74)76-71-72(83(90)86(82(71)89)49-33-28-26-23-19-14-2)77(97-76)66-54-68-79(96-66)78-67(45-50-92-78)98(68,51-34-24-20-15-3)55-61(17-5)44-21-16-4/h45,50,52-54,56-59,61,63,74H,13-44,46-49,51,55H2,1-12H3. The number of thiophene rings is 5. The number of nitrogens with zero attached hydrogens (tertiary/aromatic N) is 2. The van der Waals surface area contributed by atoms with Crippen LogP contribution in [0.1, 0.15) is 361 Å². The third-order valence-corrected chi connectivity index (χ3v) is 36.5. The minimum Gasteiger partial charge on any atom is -0.361 e. The van der Waals surface area contributed by atoms with E-state index in [2.05, 4.69) is 106 Å². The Morgan fingerprint density at radius 3 is 1.65 bits per heavy atom. The van der Waals surface area contributed by atoms with Crippen LogP contribution in [0, 0.1) is 36.5 Å². The maximum Gasteiger partial charge on any atom is 0.263 e. The summed E-state index contributed by atoms with van der Waals surface area (Å²) >= 11 is 10.9. The number of ether oxygens (including phenoxy) is 1. The lowest BCUT2D eigenvalue weighted by molar-refractivity contribution is -0.105. The van der Waals surface area contributed by atoms with E-state index in [1.54, 1.807) is 42.8 Å². The van der Waals surface area contributed by atoms with Crippen LogP contribution in [0.5, 0.6) is 0 Å². The van der Waals surface area contributed by atoms with Crippen LogP contribution in [-0.4, -0.2) is 60.7 Å². The quantitative estimate of drug-likeness (QED) is 0.0219. The van der Waals surface area contributed by atoms with Gasteiger partial charge in [0.25, 0.3) is 23.6 Å². The highest BCUT2D eigenvalue weighted by atomic mass is 32.2. The molecular weight excluding hydrogens is 1340 g/mol. The highest BCUT2D eigenvalue weighted by Gasteiger charge is 2.53. The Hall–Kier alpha value is -2.95. The van der Waals surface area contributed by atoms with Gasteiger partial charge in [-0.1, -0.05) is 268 Å². The molecule has 0 spiro atoms. The van der Waals surface area contributed by atoms with Crippen molar-refractivity contribution in [1.82, 2.24) is 9.80 Å². The molecule has 0 saturated carbocycles. The molecule has 0 bridgehead atoms. The number of carbonyl (C=O) groups excluding carboxylic acids is 4. The molecule has 10 rings (SSSR count). The highest BCUT2D eigenvalue weighted by molar-refractivity contribution is 8.09. The molecule has 540 valence electrons. The maximum absolute atomic E-state index is 15.6. The normalized spacial score (nSPS) is 20.3. The molecule has 0 fully saturated rings. The molecule has 5 aliphatic rings. The molecule has 7 atom stereocenters. The molecule has 98 heavy (non-hydrogen) atoms. The molecule has 5 aromatic heterocycles. The first-order valence-corrected chi connectivity index (χ1v) is 47.3. The van der Waals surface area contributed by atoms with Gasteiger partial charge in [0, 0.05) is 47.3 Å². The molecule has 4 amide bonds. The first-order chi connectivity index (χ1) is 47.4. The van der Waals surface area contributed by atoms with E-state index < -0.39 is 13.7 Å². The fourth-order valence-corrected chi connectivity index (χ4v) is 32.5. The number of hydrogen-bond acceptors (Lipinski definition) is 11. The summed E-state index contributed by atoms with van der Waals surface area (Å²) < 4.78 is 8.06. The van der Waals surface area contributed by atoms with E-state index in [0.717, 1.165) is 112 Å². The number of carbonyl (C=O) groups is 4. The first-order valence-electron chi connectivity index (χ1n) is 39.9. The van der Waals surface area contributed by atoms with E-state index in [1.165, 1.54) is 178 Å². The van der Waals surface area contributed by atoms with E-state index >= 15 is 9.59 Å². The van der Waals surface area contributed by atoms with Gasteiger partial charge >= 0.3 is 0 Å². The van der Waals surface area contributed by atoms with Gasteiger partial charge in [0.2, 0.25) is 0 Å². The Kier molecular flexibility index (Phi) is 29.0. The monoisotopic (exact) mass is 1460 g/mol. The summed E-state index contributed by atoms with van der Waals surface area (Å²) in [5, 5.41) is 5.55. The molecule has 0 N–H and O–H groups in total. The number of imide groups is 2. The van der Waals surface area contributed by atoms with Crippen molar-refractivity contribution in [2.24, 2.45) is 29.6 Å². The summed E-state index contributed by atoms with van der Waals surface area (Å²) in [5.41, 5.74) is 3.15. The number of aryl methyl sites for hydroxylation is 1. The van der Waals surface area contributed by atoms with Crippen molar-refractivity contribution in [1.29, 1.82) is 0 Å². The lowest BCUT2D eigenvalue weighted by Crippen LogP contribution is -2.55. The predicted molar refractivity (Wildman–Crippen MR) is 430 cm³/mol. The van der Waals surface area contributed by atoms with Gasteiger partial charge in [-0.25, -0.2) is 0 Å². The number of amides is 4. The van der Waals surface area contributed by atoms with Crippen molar-refractivity contribution in [2.75, 3.05) is 13.1 Å². The molecular formula is C84H124N2O5S6Si. The minimum atomic E-state index is -2.22. The van der Waals surface area contributed by atoms with Crippen LogP contribution in [0.15, 0.2) is 29.7 Å².